The van der Waals surface area contributed by atoms with Crippen molar-refractivity contribution in [1.29, 1.82) is 0 Å². The number of aromatic nitrogens is 2. The first-order chi connectivity index (χ1) is 58.1. The Morgan fingerprint density at radius 2 is 0.772 bits per heavy atom. The van der Waals surface area contributed by atoms with Crippen LogP contribution in [0, 0.1) is 11.8 Å². The minimum atomic E-state index is -1.75. The Bertz CT molecular complexity index is 4150. The molecule has 2 aromatic rings. The largest absolute Gasteiger partial charge is 0.480 e. The Kier molecular flexibility index (Phi) is 42.5. The number of aliphatic hydroxyl groups is 2. The number of amides is 22. The Morgan fingerprint density at radius 1 is 0.423 bits per heavy atom. The van der Waals surface area contributed by atoms with Crippen LogP contribution in [-0.4, -0.2) is 329 Å². The molecule has 51 heteroatoms. The smallest absolute Gasteiger partial charge is 0.326 e. The van der Waals surface area contributed by atoms with Crippen LogP contribution in [0.4, 0.5) is 0 Å². The van der Waals surface area contributed by atoms with Gasteiger partial charge in [0.15, 0.2) is 0 Å². The standard InChI is InChI=1S/C72H107N25O26/c1-35(2)60(70(120)84-27-54(107)91-43(72(122)123)20-48(75)101)93-55(108)28-80-64(114)41(18-39-22-76-34-87-39)89-52(105)25-79-63(113)40(17-38-11-7-6-8-12-38)88-51(104)24-77-50(103)23-78-65(115)42(19-47(74)100)90-53(106)26-83-69(119)61(36(3)4)94-56(109)29-81-67(117)46-14-10-16-97(46)59(112)32-86-71(121)62(37(5)99)95-57(110)30-82-68(118)45-13-9-15-96(45)58(111)31-85-66(116)44(33-98)92-49(102)21-73/h6-8,11-12,22,34-37,40-46,60-62,98-99H,9-10,13-21,23-33,73H2,1-5H3,(H2,74,100)(H2,75,101)(H,76,87)(H,77,103)(H,78,115)(H,79,113)(H,80,114)(H,81,117)(H,82,118)(H,83,119)(H,84,120)(H,85,116)(H,86,121)(H,88,104)(H,89,105)(H,90,106)(H,91,107)(H,92,102)(H,93,108)(H,94,109)(H,95,110)(H,122,123)/t37-,40+,41+,42+,43+,44+,45+,46+,60+,61+,62+/m1/s1. The van der Waals surface area contributed by atoms with Gasteiger partial charge in [-0.15, -0.1) is 0 Å². The number of nitrogens with one attached hydrogen (secondary N) is 19. The predicted octanol–water partition coefficient (Wildman–Crippen LogP) is -15.3. The van der Waals surface area contributed by atoms with Crippen molar-refractivity contribution < 1.29 is 126 Å². The van der Waals surface area contributed by atoms with Crippen LogP contribution in [0.25, 0.3) is 0 Å². The fourth-order valence-corrected chi connectivity index (χ4v) is 11.9. The number of aromatic amines is 1. The summed E-state index contributed by atoms with van der Waals surface area (Å²) in [6, 6.07) is -6.04. The van der Waals surface area contributed by atoms with Crippen molar-refractivity contribution in [2.45, 2.75) is 153 Å². The van der Waals surface area contributed by atoms with Crippen molar-refractivity contribution in [2.75, 3.05) is 91.7 Å². The van der Waals surface area contributed by atoms with Crippen molar-refractivity contribution in [1.82, 2.24) is 115 Å². The Hall–Kier alpha value is -13.9. The average Bonchev–Trinajstić information content (AvgIpc) is 1.72. The Balaban J connectivity index is 1.22. The van der Waals surface area contributed by atoms with Gasteiger partial charge in [0.25, 0.3) is 0 Å². The molecule has 123 heavy (non-hydrogen) atoms. The molecular weight excluding hydrogens is 1630 g/mol. The van der Waals surface area contributed by atoms with E-state index in [9.17, 15) is 126 Å². The molecule has 22 amide bonds. The molecular formula is C72H107N25O26. The van der Waals surface area contributed by atoms with Crippen LogP contribution >= 0.6 is 0 Å². The predicted molar refractivity (Wildman–Crippen MR) is 420 cm³/mol. The summed E-state index contributed by atoms with van der Waals surface area (Å²) < 4.78 is 0. The molecule has 0 saturated carbocycles. The van der Waals surface area contributed by atoms with Crippen LogP contribution in [0.5, 0.6) is 0 Å². The zero-order chi connectivity index (χ0) is 91.7. The normalized spacial score (nSPS) is 15.5. The third kappa shape index (κ3) is 36.3. The van der Waals surface area contributed by atoms with E-state index < -0.39 is 306 Å². The number of carbonyl (C=O) groups excluding carboxylic acids is 22. The van der Waals surface area contributed by atoms with Gasteiger partial charge >= 0.3 is 5.97 Å². The number of likely N-dealkylation sites (tertiary alicyclic amines) is 2. The summed E-state index contributed by atoms with van der Waals surface area (Å²) in [6.07, 6.45) is 0.0770. The van der Waals surface area contributed by atoms with Gasteiger partial charge in [-0.1, -0.05) is 58.0 Å². The van der Waals surface area contributed by atoms with Gasteiger partial charge in [-0.3, -0.25) is 105 Å². The van der Waals surface area contributed by atoms with Gasteiger partial charge in [0.2, 0.25) is 130 Å². The Morgan fingerprint density at radius 3 is 1.19 bits per heavy atom. The number of primary amides is 2. The van der Waals surface area contributed by atoms with Gasteiger partial charge in [-0.05, 0) is 50.0 Å². The monoisotopic (exact) mass is 1740 g/mol. The molecule has 0 spiro atoms. The maximum atomic E-state index is 13.7. The van der Waals surface area contributed by atoms with E-state index in [0.717, 1.165) is 16.7 Å². The van der Waals surface area contributed by atoms with Crippen molar-refractivity contribution >= 4 is 136 Å². The average molecular weight is 1740 g/mol. The molecule has 51 nitrogen and oxygen atoms in total. The molecule has 2 aliphatic heterocycles. The summed E-state index contributed by atoms with van der Waals surface area (Å²) in [5.41, 5.74) is 16.4. The quantitative estimate of drug-likeness (QED) is 0.0292. The summed E-state index contributed by atoms with van der Waals surface area (Å²) in [6.45, 7) is -1.49. The van der Waals surface area contributed by atoms with Crippen LogP contribution in [0.2, 0.25) is 0 Å². The van der Waals surface area contributed by atoms with Crippen LogP contribution in [-0.2, 0) is 123 Å². The molecule has 0 aliphatic carbocycles. The number of H-pyrrole nitrogens is 1. The number of benzene rings is 1. The third-order valence-corrected chi connectivity index (χ3v) is 18.3. The number of carbonyl (C=O) groups is 23. The highest BCUT2D eigenvalue weighted by Crippen LogP contribution is 2.19. The van der Waals surface area contributed by atoms with E-state index in [1.54, 1.807) is 44.2 Å². The fourth-order valence-electron chi connectivity index (χ4n) is 11.9. The first-order valence-corrected chi connectivity index (χ1v) is 38.6. The van der Waals surface area contributed by atoms with Crippen LogP contribution < -0.4 is 113 Å². The van der Waals surface area contributed by atoms with Gasteiger partial charge in [-0.25, -0.2) is 9.78 Å². The fraction of sp³-hybridized carbons (Fsp3) is 0.556. The maximum absolute atomic E-state index is 13.7. The summed E-state index contributed by atoms with van der Waals surface area (Å²) >= 11 is 0. The summed E-state index contributed by atoms with van der Waals surface area (Å²) in [5, 5.41) is 70.4. The highest BCUT2D eigenvalue weighted by Gasteiger charge is 2.39. The van der Waals surface area contributed by atoms with E-state index in [1.165, 1.54) is 26.4 Å². The zero-order valence-electron chi connectivity index (χ0n) is 67.9. The van der Waals surface area contributed by atoms with E-state index in [1.807, 2.05) is 5.32 Å². The van der Waals surface area contributed by atoms with E-state index >= 15 is 0 Å². The molecule has 0 bridgehead atoms. The molecule has 2 saturated heterocycles. The van der Waals surface area contributed by atoms with Crippen LogP contribution in [0.3, 0.4) is 0 Å². The topological polar surface area (TPSA) is 783 Å². The highest BCUT2D eigenvalue weighted by atomic mass is 16.4. The zero-order valence-corrected chi connectivity index (χ0v) is 67.9. The SMILES string of the molecule is CC(C)[C@H](NC(=O)CNC(=O)[C@H](Cc1cnc[nH]1)NC(=O)CNC(=O)[C@H](Cc1ccccc1)NC(=O)CNC(=O)CNC(=O)[C@H](CC(N)=O)NC(=O)CNC(=O)[C@@H](NC(=O)CNC(=O)[C@@H]1CCCN1C(=O)CNC(=O)[C@@H](NC(=O)CNC(=O)[C@@H]1CCCN1C(=O)CNC(=O)[C@H](CO)NC(=O)CN)[C@@H](C)O)C(C)C)C(=O)NCC(=O)N[C@@H](CC(N)=O)C(=O)O. The molecule has 0 unspecified atom stereocenters. The second-order valence-corrected chi connectivity index (χ2v) is 28.7. The molecule has 3 heterocycles. The highest BCUT2D eigenvalue weighted by molar-refractivity contribution is 6.01. The Labute approximate surface area is 701 Å². The van der Waals surface area contributed by atoms with Crippen molar-refractivity contribution in [3.8, 4) is 0 Å². The number of carboxylic acids is 1. The molecule has 1 aromatic carbocycles. The molecule has 28 N–H and O–H groups in total. The number of imidazole rings is 1. The van der Waals surface area contributed by atoms with Crippen molar-refractivity contribution in [2.24, 2.45) is 29.0 Å². The molecule has 2 aliphatic rings. The van der Waals surface area contributed by atoms with Crippen LogP contribution in [0.1, 0.15) is 84.4 Å². The van der Waals surface area contributed by atoms with Gasteiger partial charge < -0.3 is 143 Å². The molecule has 676 valence electrons. The number of hydrogen-bond acceptors (Lipinski definition) is 27. The van der Waals surface area contributed by atoms with Gasteiger partial charge in [-0.2, -0.15) is 0 Å². The lowest BCUT2D eigenvalue weighted by Gasteiger charge is -2.26. The van der Waals surface area contributed by atoms with Gasteiger partial charge in [0, 0.05) is 37.8 Å². The number of nitrogens with two attached hydrogens (primary N) is 3. The lowest BCUT2D eigenvalue weighted by Crippen LogP contribution is -2.57. The maximum Gasteiger partial charge on any atom is 0.326 e. The second kappa shape index (κ2) is 51.6. The number of hydrogen-bond donors (Lipinski definition) is 25. The summed E-state index contributed by atoms with van der Waals surface area (Å²) in [4.78, 5) is 305. The first kappa shape index (κ1) is 101. The first-order valence-electron chi connectivity index (χ1n) is 38.6. The number of aliphatic hydroxyl groups excluding tert-OH is 2. The molecule has 2 fully saturated rings. The van der Waals surface area contributed by atoms with E-state index in [-0.39, 0.29) is 38.8 Å². The number of carboxylic acid groups (broad SMARTS) is 1. The molecule has 1 aromatic heterocycles. The van der Waals surface area contributed by atoms with E-state index in [0.29, 0.717) is 24.1 Å². The summed E-state index contributed by atoms with van der Waals surface area (Å²) in [7, 11) is 0. The van der Waals surface area contributed by atoms with E-state index in [2.05, 4.69) is 100 Å². The lowest BCUT2D eigenvalue weighted by molar-refractivity contribution is -0.143. The number of rotatable bonds is 51. The molecule has 0 radical (unpaired) electrons. The molecule has 11 atom stereocenters. The summed E-state index contributed by atoms with van der Waals surface area (Å²) in [5.74, 6) is -23.2. The van der Waals surface area contributed by atoms with Crippen LogP contribution in [0.15, 0.2) is 42.9 Å². The van der Waals surface area contributed by atoms with Crippen molar-refractivity contribution in [3.05, 3.63) is 54.1 Å². The number of nitrogens with zero attached hydrogens (tertiary/aromatic N) is 3. The van der Waals surface area contributed by atoms with E-state index in [4.69, 9.17) is 17.2 Å². The minimum Gasteiger partial charge on any atom is -0.480 e. The third-order valence-electron chi connectivity index (χ3n) is 18.3. The van der Waals surface area contributed by atoms with Crippen molar-refractivity contribution in [3.63, 3.8) is 0 Å². The van der Waals surface area contributed by atoms with Gasteiger partial charge in [0.05, 0.1) is 104 Å². The number of aliphatic carboxylic acids is 1. The molecule has 4 rings (SSSR count). The minimum absolute atomic E-state index is 0.0315. The lowest BCUT2D eigenvalue weighted by atomic mass is 10.0. The van der Waals surface area contributed by atoms with Gasteiger partial charge in [0.1, 0.15) is 60.4 Å². The second-order valence-electron chi connectivity index (χ2n) is 28.7.